The highest BCUT2D eigenvalue weighted by molar-refractivity contribution is 5.32. The average Bonchev–Trinajstić information content (AvgIpc) is 2.20. The Morgan fingerprint density at radius 2 is 2.00 bits per heavy atom. The topological polar surface area (TPSA) is 27.0 Å². The van der Waals surface area contributed by atoms with E-state index in [4.69, 9.17) is 5.26 Å². The Kier molecular flexibility index (Phi) is 4.52. The number of nitrogens with zero attached hydrogens (tertiary/aromatic N) is 2. The summed E-state index contributed by atoms with van der Waals surface area (Å²) in [4.78, 5) is 2.19. The summed E-state index contributed by atoms with van der Waals surface area (Å²) >= 11 is 0. The molecule has 2 nitrogen and oxygen atoms in total. The maximum Gasteiger partial charge on any atom is 0.0622 e. The molecule has 0 N–H and O–H groups in total. The molecule has 1 rings (SSSR count). The van der Waals surface area contributed by atoms with Gasteiger partial charge in [-0.15, -0.1) is 0 Å². The molecule has 86 valence electrons. The molecule has 0 saturated heterocycles. The lowest BCUT2D eigenvalue weighted by atomic mass is 9.95. The number of hydrogen-bond acceptors (Lipinski definition) is 2. The van der Waals surface area contributed by atoms with Crippen LogP contribution in [0, 0.1) is 25.2 Å². The summed E-state index contributed by atoms with van der Waals surface area (Å²) < 4.78 is 0. The van der Waals surface area contributed by atoms with Gasteiger partial charge in [-0.2, -0.15) is 5.26 Å². The zero-order valence-electron chi connectivity index (χ0n) is 10.6. The van der Waals surface area contributed by atoms with Crippen molar-refractivity contribution in [1.29, 1.82) is 5.26 Å². The Hall–Kier alpha value is -1.33. The molecular formula is C14H20N2. The number of rotatable bonds is 4. The van der Waals surface area contributed by atoms with Crippen molar-refractivity contribution in [2.45, 2.75) is 32.7 Å². The molecule has 0 fully saturated rings. The van der Waals surface area contributed by atoms with E-state index in [1.807, 2.05) is 0 Å². The third-order valence-corrected chi connectivity index (χ3v) is 2.94. The van der Waals surface area contributed by atoms with Crippen LogP contribution in [0.3, 0.4) is 0 Å². The van der Waals surface area contributed by atoms with Crippen LogP contribution in [0.4, 0.5) is 0 Å². The van der Waals surface area contributed by atoms with E-state index in [1.54, 1.807) is 0 Å². The summed E-state index contributed by atoms with van der Waals surface area (Å²) in [6, 6.07) is 9.11. The van der Waals surface area contributed by atoms with Crippen molar-refractivity contribution in [1.82, 2.24) is 4.90 Å². The van der Waals surface area contributed by atoms with Gasteiger partial charge in [0.05, 0.1) is 6.07 Å². The van der Waals surface area contributed by atoms with Gasteiger partial charge in [0.25, 0.3) is 0 Å². The second-order valence-corrected chi connectivity index (χ2v) is 4.54. The Balaban J connectivity index is 2.97. The molecular weight excluding hydrogens is 196 g/mol. The third-order valence-electron chi connectivity index (χ3n) is 2.94. The predicted molar refractivity (Wildman–Crippen MR) is 67.2 cm³/mol. The molecule has 0 bridgehead atoms. The summed E-state index contributed by atoms with van der Waals surface area (Å²) in [7, 11) is 4.14. The summed E-state index contributed by atoms with van der Waals surface area (Å²) in [5.41, 5.74) is 3.95. The van der Waals surface area contributed by atoms with Gasteiger partial charge in [0.15, 0.2) is 0 Å². The van der Waals surface area contributed by atoms with Crippen molar-refractivity contribution in [3.05, 3.63) is 34.9 Å². The van der Waals surface area contributed by atoms with Gasteiger partial charge in [-0.25, -0.2) is 0 Å². The van der Waals surface area contributed by atoms with E-state index >= 15 is 0 Å². The molecule has 0 amide bonds. The molecule has 16 heavy (non-hydrogen) atoms. The van der Waals surface area contributed by atoms with Crippen molar-refractivity contribution in [3.63, 3.8) is 0 Å². The Morgan fingerprint density at radius 1 is 1.31 bits per heavy atom. The molecule has 1 aromatic rings. The van der Waals surface area contributed by atoms with Crippen LogP contribution in [0.5, 0.6) is 0 Å². The highest BCUT2D eigenvalue weighted by Gasteiger charge is 2.15. The van der Waals surface area contributed by atoms with Crippen LogP contribution >= 0.6 is 0 Å². The van der Waals surface area contributed by atoms with Gasteiger partial charge >= 0.3 is 0 Å². The molecule has 0 aliphatic rings. The first-order valence-electron chi connectivity index (χ1n) is 5.66. The van der Waals surface area contributed by atoms with Crippen LogP contribution in [0.25, 0.3) is 0 Å². The fraction of sp³-hybridized carbons (Fsp3) is 0.500. The van der Waals surface area contributed by atoms with Gasteiger partial charge in [-0.1, -0.05) is 23.8 Å². The van der Waals surface area contributed by atoms with Crippen molar-refractivity contribution in [3.8, 4) is 6.07 Å². The van der Waals surface area contributed by atoms with Gasteiger partial charge in [-0.3, -0.25) is 0 Å². The van der Waals surface area contributed by atoms with E-state index in [-0.39, 0.29) is 0 Å². The van der Waals surface area contributed by atoms with Crippen molar-refractivity contribution in [2.75, 3.05) is 14.1 Å². The van der Waals surface area contributed by atoms with E-state index in [2.05, 4.69) is 57.1 Å². The minimum absolute atomic E-state index is 0.347. The summed E-state index contributed by atoms with van der Waals surface area (Å²) in [6.45, 7) is 4.25. The van der Waals surface area contributed by atoms with Crippen molar-refractivity contribution in [2.24, 2.45) is 0 Å². The zero-order chi connectivity index (χ0) is 12.1. The monoisotopic (exact) mass is 216 g/mol. The normalized spacial score (nSPS) is 12.5. The molecule has 0 radical (unpaired) electrons. The number of nitriles is 1. The van der Waals surface area contributed by atoms with Crippen LogP contribution in [0.2, 0.25) is 0 Å². The fourth-order valence-electron chi connectivity index (χ4n) is 2.09. The van der Waals surface area contributed by atoms with Gasteiger partial charge in [0, 0.05) is 12.5 Å². The minimum atomic E-state index is 0.347. The quantitative estimate of drug-likeness (QED) is 0.772. The summed E-state index contributed by atoms with van der Waals surface area (Å²) in [5, 5.41) is 8.69. The molecule has 0 aromatic heterocycles. The summed E-state index contributed by atoms with van der Waals surface area (Å²) in [6.07, 6.45) is 1.50. The number of hydrogen-bond donors (Lipinski definition) is 0. The first kappa shape index (κ1) is 12.7. The van der Waals surface area contributed by atoms with Crippen molar-refractivity contribution >= 4 is 0 Å². The first-order valence-corrected chi connectivity index (χ1v) is 5.66. The molecule has 1 atom stereocenters. The Morgan fingerprint density at radius 3 is 2.50 bits per heavy atom. The predicted octanol–water partition coefficient (Wildman–Crippen LogP) is 3.21. The molecule has 1 unspecified atom stereocenters. The Bertz CT molecular complexity index is 388. The maximum atomic E-state index is 8.69. The van der Waals surface area contributed by atoms with Gasteiger partial charge in [-0.05, 0) is 45.5 Å². The lowest BCUT2D eigenvalue weighted by Crippen LogP contribution is -2.20. The van der Waals surface area contributed by atoms with Crippen LogP contribution in [0.1, 0.15) is 35.6 Å². The average molecular weight is 216 g/mol. The van der Waals surface area contributed by atoms with Gasteiger partial charge in [0.1, 0.15) is 0 Å². The maximum absolute atomic E-state index is 8.69. The van der Waals surface area contributed by atoms with Crippen LogP contribution in [0.15, 0.2) is 18.2 Å². The molecule has 0 aliphatic heterocycles. The highest BCUT2D eigenvalue weighted by atomic mass is 15.1. The van der Waals surface area contributed by atoms with E-state index in [0.717, 1.165) is 6.42 Å². The largest absolute Gasteiger partial charge is 0.302 e. The second kappa shape index (κ2) is 5.67. The van der Waals surface area contributed by atoms with Gasteiger partial charge < -0.3 is 4.90 Å². The molecule has 1 aromatic carbocycles. The summed E-state index contributed by atoms with van der Waals surface area (Å²) in [5.74, 6) is 0. The van der Waals surface area contributed by atoms with Crippen LogP contribution in [-0.4, -0.2) is 19.0 Å². The van der Waals surface area contributed by atoms with E-state index in [9.17, 15) is 0 Å². The first-order chi connectivity index (χ1) is 7.56. The van der Waals surface area contributed by atoms with Crippen LogP contribution < -0.4 is 0 Å². The molecule has 0 aliphatic carbocycles. The second-order valence-electron chi connectivity index (χ2n) is 4.54. The van der Waals surface area contributed by atoms with E-state index < -0.39 is 0 Å². The van der Waals surface area contributed by atoms with E-state index in [1.165, 1.54) is 16.7 Å². The minimum Gasteiger partial charge on any atom is -0.302 e. The van der Waals surface area contributed by atoms with Crippen molar-refractivity contribution < 1.29 is 0 Å². The standard InChI is InChI=1S/C14H20N2/c1-11-7-8-13(12(2)10-11)14(16(3)4)6-5-9-15/h7-8,10,14H,5-6H2,1-4H3. The fourth-order valence-corrected chi connectivity index (χ4v) is 2.09. The van der Waals surface area contributed by atoms with Gasteiger partial charge in [0.2, 0.25) is 0 Å². The zero-order valence-corrected chi connectivity index (χ0v) is 10.6. The number of benzene rings is 1. The Labute approximate surface area is 98.5 Å². The smallest absolute Gasteiger partial charge is 0.0622 e. The molecule has 0 spiro atoms. The lowest BCUT2D eigenvalue weighted by molar-refractivity contribution is 0.285. The SMILES string of the molecule is Cc1ccc(C(CCC#N)N(C)C)c(C)c1. The van der Waals surface area contributed by atoms with E-state index in [0.29, 0.717) is 12.5 Å². The lowest BCUT2D eigenvalue weighted by Gasteiger charge is -2.25. The van der Waals surface area contributed by atoms with Crippen LogP contribution in [-0.2, 0) is 0 Å². The molecule has 0 heterocycles. The highest BCUT2D eigenvalue weighted by Crippen LogP contribution is 2.26. The molecule has 2 heteroatoms. The number of aryl methyl sites for hydroxylation is 2. The third kappa shape index (κ3) is 3.08. The molecule has 0 saturated carbocycles.